The fraction of sp³-hybridized carbons (Fsp3) is 0.235. The number of hydrogen-bond acceptors (Lipinski definition) is 6. The lowest BCUT2D eigenvalue weighted by molar-refractivity contribution is -0.123. The standard InChI is InChI=1S/C17H20N2O6S/c1-12-5-4-6-13(9-12)25-11-17(20)18-19-26(21,22)14-7-8-15(23-2)16(10-14)24-3/h4-10,19H,11H2,1-3H3,(H,18,20). The summed E-state index contributed by atoms with van der Waals surface area (Å²) in [5.74, 6) is 0.518. The summed E-state index contributed by atoms with van der Waals surface area (Å²) in [4.78, 5) is 13.7. The number of amides is 1. The summed E-state index contributed by atoms with van der Waals surface area (Å²) in [6.07, 6.45) is 0. The van der Waals surface area contributed by atoms with E-state index in [0.717, 1.165) is 5.56 Å². The minimum atomic E-state index is -3.98. The van der Waals surface area contributed by atoms with Gasteiger partial charge in [-0.3, -0.25) is 10.2 Å². The predicted octanol–water partition coefficient (Wildman–Crippen LogP) is 1.40. The fourth-order valence-electron chi connectivity index (χ4n) is 2.06. The van der Waals surface area contributed by atoms with E-state index in [9.17, 15) is 13.2 Å². The van der Waals surface area contributed by atoms with Crippen LogP contribution in [-0.4, -0.2) is 35.2 Å². The molecule has 2 aromatic rings. The molecule has 2 N–H and O–H groups in total. The maximum absolute atomic E-state index is 12.3. The molecule has 0 aromatic heterocycles. The number of rotatable bonds is 8. The predicted molar refractivity (Wildman–Crippen MR) is 94.7 cm³/mol. The van der Waals surface area contributed by atoms with Gasteiger partial charge in [-0.25, -0.2) is 8.42 Å². The quantitative estimate of drug-likeness (QED) is 0.671. The van der Waals surface area contributed by atoms with Crippen LogP contribution in [-0.2, 0) is 14.8 Å². The van der Waals surface area contributed by atoms with E-state index in [2.05, 4.69) is 5.43 Å². The van der Waals surface area contributed by atoms with E-state index in [1.54, 1.807) is 18.2 Å². The van der Waals surface area contributed by atoms with Crippen molar-refractivity contribution in [1.29, 1.82) is 0 Å². The number of nitrogens with one attached hydrogen (secondary N) is 2. The van der Waals surface area contributed by atoms with Crippen LogP contribution in [0, 0.1) is 6.92 Å². The number of carbonyl (C=O) groups excluding carboxylic acids is 1. The second-order valence-electron chi connectivity index (χ2n) is 5.28. The van der Waals surface area contributed by atoms with Crippen LogP contribution in [0.4, 0.5) is 0 Å². The largest absolute Gasteiger partial charge is 0.493 e. The average molecular weight is 380 g/mol. The van der Waals surface area contributed by atoms with E-state index in [1.807, 2.05) is 17.8 Å². The van der Waals surface area contributed by atoms with Gasteiger partial charge in [0.25, 0.3) is 15.9 Å². The van der Waals surface area contributed by atoms with Gasteiger partial charge in [0, 0.05) is 6.07 Å². The number of ether oxygens (including phenoxy) is 3. The molecule has 2 aromatic carbocycles. The first-order chi connectivity index (χ1) is 12.4. The van der Waals surface area contributed by atoms with Crippen LogP contribution in [0.25, 0.3) is 0 Å². The highest BCUT2D eigenvalue weighted by Crippen LogP contribution is 2.29. The molecule has 0 atom stereocenters. The van der Waals surface area contributed by atoms with Crippen LogP contribution in [0.2, 0.25) is 0 Å². The lowest BCUT2D eigenvalue weighted by atomic mass is 10.2. The van der Waals surface area contributed by atoms with Crippen molar-refractivity contribution in [2.45, 2.75) is 11.8 Å². The van der Waals surface area contributed by atoms with Crippen LogP contribution in [0.1, 0.15) is 5.56 Å². The van der Waals surface area contributed by atoms with Crippen LogP contribution in [0.15, 0.2) is 47.4 Å². The van der Waals surface area contributed by atoms with E-state index >= 15 is 0 Å². The highest BCUT2D eigenvalue weighted by atomic mass is 32.2. The van der Waals surface area contributed by atoms with Gasteiger partial charge in [-0.2, -0.15) is 0 Å². The van der Waals surface area contributed by atoms with E-state index in [0.29, 0.717) is 11.5 Å². The van der Waals surface area contributed by atoms with E-state index in [-0.39, 0.29) is 17.3 Å². The smallest absolute Gasteiger partial charge is 0.272 e. The lowest BCUT2D eigenvalue weighted by Gasteiger charge is -2.12. The third-order valence-corrected chi connectivity index (χ3v) is 4.59. The molecule has 2 rings (SSSR count). The zero-order valence-corrected chi connectivity index (χ0v) is 15.4. The van der Waals surface area contributed by atoms with Crippen molar-refractivity contribution in [1.82, 2.24) is 10.3 Å². The Balaban J connectivity index is 1.96. The van der Waals surface area contributed by atoms with Gasteiger partial charge in [-0.05, 0) is 36.8 Å². The van der Waals surface area contributed by atoms with E-state index in [1.165, 1.54) is 32.4 Å². The van der Waals surface area contributed by atoms with Gasteiger partial charge in [0.15, 0.2) is 18.1 Å². The van der Waals surface area contributed by atoms with Gasteiger partial charge in [0.05, 0.1) is 19.1 Å². The minimum Gasteiger partial charge on any atom is -0.493 e. The zero-order valence-electron chi connectivity index (χ0n) is 14.6. The molecule has 0 bridgehead atoms. The van der Waals surface area contributed by atoms with Crippen molar-refractivity contribution in [3.05, 3.63) is 48.0 Å². The molecule has 1 amide bonds. The maximum atomic E-state index is 12.3. The Labute approximate surface area is 152 Å². The molecule has 0 fully saturated rings. The highest BCUT2D eigenvalue weighted by Gasteiger charge is 2.18. The summed E-state index contributed by atoms with van der Waals surface area (Å²) < 4.78 is 40.0. The third kappa shape index (κ3) is 5.11. The highest BCUT2D eigenvalue weighted by molar-refractivity contribution is 7.89. The summed E-state index contributed by atoms with van der Waals surface area (Å²) in [5.41, 5.74) is 3.08. The topological polar surface area (TPSA) is 103 Å². The number of benzene rings is 2. The lowest BCUT2D eigenvalue weighted by Crippen LogP contribution is -2.43. The van der Waals surface area contributed by atoms with Gasteiger partial charge in [0.2, 0.25) is 0 Å². The molecule has 0 saturated heterocycles. The number of hydrogen-bond donors (Lipinski definition) is 2. The van der Waals surface area contributed by atoms with Gasteiger partial charge in [0.1, 0.15) is 5.75 Å². The summed E-state index contributed by atoms with van der Waals surface area (Å²) in [7, 11) is -1.14. The average Bonchev–Trinajstić information content (AvgIpc) is 2.64. The van der Waals surface area contributed by atoms with Gasteiger partial charge >= 0.3 is 0 Å². The molecule has 0 radical (unpaired) electrons. The summed E-state index contributed by atoms with van der Waals surface area (Å²) >= 11 is 0. The Morgan fingerprint density at radius 2 is 1.77 bits per heavy atom. The Kier molecular flexibility index (Phi) is 6.42. The molecule has 26 heavy (non-hydrogen) atoms. The van der Waals surface area contributed by atoms with E-state index < -0.39 is 15.9 Å². The second kappa shape index (κ2) is 8.54. The molecule has 0 aliphatic carbocycles. The Morgan fingerprint density at radius 1 is 1.04 bits per heavy atom. The molecule has 0 aliphatic rings. The monoisotopic (exact) mass is 380 g/mol. The van der Waals surface area contributed by atoms with Gasteiger partial charge < -0.3 is 14.2 Å². The number of hydrazine groups is 1. The number of carbonyl (C=O) groups is 1. The first kappa shape index (κ1) is 19.5. The second-order valence-corrected chi connectivity index (χ2v) is 6.96. The molecule has 0 spiro atoms. The molecular weight excluding hydrogens is 360 g/mol. The van der Waals surface area contributed by atoms with Crippen molar-refractivity contribution >= 4 is 15.9 Å². The van der Waals surface area contributed by atoms with Crippen molar-refractivity contribution in [3.8, 4) is 17.2 Å². The minimum absolute atomic E-state index is 0.0879. The van der Waals surface area contributed by atoms with Crippen LogP contribution in [0.5, 0.6) is 17.2 Å². The number of sulfonamides is 1. The van der Waals surface area contributed by atoms with Crippen LogP contribution < -0.4 is 24.5 Å². The molecule has 0 heterocycles. The summed E-state index contributed by atoms with van der Waals surface area (Å²) in [5, 5.41) is 0. The Hall–Kier alpha value is -2.78. The van der Waals surface area contributed by atoms with E-state index in [4.69, 9.17) is 14.2 Å². The Bertz CT molecular complexity index is 883. The van der Waals surface area contributed by atoms with Crippen molar-refractivity contribution < 1.29 is 27.4 Å². The fourth-order valence-corrected chi connectivity index (χ4v) is 2.93. The SMILES string of the molecule is COc1ccc(S(=O)(=O)NNC(=O)COc2cccc(C)c2)cc1OC. The normalized spacial score (nSPS) is 10.9. The molecule has 0 aliphatic heterocycles. The maximum Gasteiger partial charge on any atom is 0.272 e. The molecular formula is C17H20N2O6S. The van der Waals surface area contributed by atoms with Gasteiger partial charge in [-0.15, -0.1) is 4.83 Å². The van der Waals surface area contributed by atoms with Crippen molar-refractivity contribution in [2.24, 2.45) is 0 Å². The summed E-state index contributed by atoms with van der Waals surface area (Å²) in [6, 6.07) is 11.2. The molecule has 0 saturated carbocycles. The first-order valence-electron chi connectivity index (χ1n) is 7.58. The zero-order chi connectivity index (χ0) is 19.2. The van der Waals surface area contributed by atoms with Crippen molar-refractivity contribution in [3.63, 3.8) is 0 Å². The Morgan fingerprint density at radius 3 is 2.42 bits per heavy atom. The third-order valence-electron chi connectivity index (χ3n) is 3.35. The van der Waals surface area contributed by atoms with Crippen LogP contribution in [0.3, 0.4) is 0 Å². The molecule has 8 nitrogen and oxygen atoms in total. The first-order valence-corrected chi connectivity index (χ1v) is 9.06. The number of methoxy groups -OCH3 is 2. The molecule has 9 heteroatoms. The van der Waals surface area contributed by atoms with Crippen molar-refractivity contribution in [2.75, 3.05) is 20.8 Å². The summed E-state index contributed by atoms with van der Waals surface area (Å²) in [6.45, 7) is 1.56. The number of aryl methyl sites for hydroxylation is 1. The molecule has 0 unspecified atom stereocenters. The molecule has 140 valence electrons. The van der Waals surface area contributed by atoms with Crippen LogP contribution >= 0.6 is 0 Å². The van der Waals surface area contributed by atoms with Gasteiger partial charge in [-0.1, -0.05) is 12.1 Å².